The van der Waals surface area contributed by atoms with Crippen LogP contribution in [0.15, 0.2) is 5.16 Å². The van der Waals surface area contributed by atoms with Gasteiger partial charge in [0.15, 0.2) is 5.84 Å². The van der Waals surface area contributed by atoms with Gasteiger partial charge < -0.3 is 20.7 Å². The summed E-state index contributed by atoms with van der Waals surface area (Å²) >= 11 is 0. The lowest BCUT2D eigenvalue weighted by Crippen LogP contribution is -2.56. The summed E-state index contributed by atoms with van der Waals surface area (Å²) in [5.41, 5.74) is 5.01. The van der Waals surface area contributed by atoms with Crippen molar-refractivity contribution in [1.82, 2.24) is 9.80 Å². The molecule has 1 aliphatic rings. The molecule has 0 aliphatic heterocycles. The normalized spacial score (nSPS) is 18.2. The van der Waals surface area contributed by atoms with Crippen LogP contribution < -0.4 is 5.73 Å². The molecule has 116 valence electrons. The zero-order valence-corrected chi connectivity index (χ0v) is 13.1. The molecule has 1 aliphatic carbocycles. The first kappa shape index (κ1) is 16.8. The summed E-state index contributed by atoms with van der Waals surface area (Å²) in [6, 6.07) is 0. The summed E-state index contributed by atoms with van der Waals surface area (Å²) in [5, 5.41) is 12.0. The van der Waals surface area contributed by atoms with Crippen LogP contribution in [-0.4, -0.2) is 60.5 Å². The van der Waals surface area contributed by atoms with Crippen molar-refractivity contribution < 1.29 is 10.0 Å². The molecule has 0 saturated heterocycles. The minimum atomic E-state index is -0.768. The van der Waals surface area contributed by atoms with E-state index in [2.05, 4.69) is 23.9 Å². The fourth-order valence-corrected chi connectivity index (χ4v) is 2.55. The summed E-state index contributed by atoms with van der Waals surface area (Å²) in [6.45, 7) is 6.36. The maximum Gasteiger partial charge on any atom is 0.236 e. The molecular formula is C14H28N4O2. The predicted molar refractivity (Wildman–Crippen MR) is 79.7 cm³/mol. The van der Waals surface area contributed by atoms with Crippen molar-refractivity contribution in [2.24, 2.45) is 22.2 Å². The van der Waals surface area contributed by atoms with E-state index in [1.54, 1.807) is 0 Å². The van der Waals surface area contributed by atoms with Crippen LogP contribution in [-0.2, 0) is 4.79 Å². The van der Waals surface area contributed by atoms with Crippen molar-refractivity contribution in [3.63, 3.8) is 0 Å². The Labute approximate surface area is 121 Å². The second-order valence-corrected chi connectivity index (χ2v) is 6.37. The number of hydrogen-bond acceptors (Lipinski definition) is 4. The highest BCUT2D eigenvalue weighted by molar-refractivity contribution is 6.07. The zero-order valence-electron chi connectivity index (χ0n) is 13.1. The predicted octanol–water partition coefficient (Wildman–Crippen LogP) is 0.949. The third kappa shape index (κ3) is 3.62. The van der Waals surface area contributed by atoms with Crippen LogP contribution >= 0.6 is 0 Å². The van der Waals surface area contributed by atoms with Crippen LogP contribution in [0.1, 0.15) is 33.1 Å². The first-order valence-electron chi connectivity index (χ1n) is 7.25. The van der Waals surface area contributed by atoms with Crippen LogP contribution in [0.5, 0.6) is 0 Å². The number of nitrogens with zero attached hydrogens (tertiary/aromatic N) is 3. The Bertz CT molecular complexity index is 362. The van der Waals surface area contributed by atoms with Gasteiger partial charge in [0, 0.05) is 19.6 Å². The van der Waals surface area contributed by atoms with Crippen LogP contribution in [0.4, 0.5) is 0 Å². The van der Waals surface area contributed by atoms with E-state index in [1.165, 1.54) is 0 Å². The third-order valence-corrected chi connectivity index (χ3v) is 3.90. The van der Waals surface area contributed by atoms with Gasteiger partial charge in [-0.2, -0.15) is 0 Å². The second kappa shape index (κ2) is 6.92. The van der Waals surface area contributed by atoms with E-state index in [4.69, 9.17) is 10.9 Å². The topological polar surface area (TPSA) is 82.2 Å². The van der Waals surface area contributed by atoms with Crippen molar-refractivity contribution in [2.45, 2.75) is 33.1 Å². The van der Waals surface area contributed by atoms with Crippen molar-refractivity contribution in [2.75, 3.05) is 33.7 Å². The van der Waals surface area contributed by atoms with E-state index in [-0.39, 0.29) is 11.7 Å². The molecule has 0 aromatic carbocycles. The van der Waals surface area contributed by atoms with Gasteiger partial charge in [0.2, 0.25) is 5.91 Å². The van der Waals surface area contributed by atoms with E-state index in [0.29, 0.717) is 31.8 Å². The second-order valence-electron chi connectivity index (χ2n) is 6.37. The van der Waals surface area contributed by atoms with Gasteiger partial charge in [-0.05, 0) is 32.9 Å². The number of oxime groups is 1. The third-order valence-electron chi connectivity index (χ3n) is 3.90. The molecule has 0 aromatic heterocycles. The Morgan fingerprint density at radius 3 is 2.30 bits per heavy atom. The summed E-state index contributed by atoms with van der Waals surface area (Å²) in [6.07, 6.45) is 2.31. The van der Waals surface area contributed by atoms with Crippen molar-refractivity contribution in [1.29, 1.82) is 0 Å². The summed E-state index contributed by atoms with van der Waals surface area (Å²) in [4.78, 5) is 16.7. The number of rotatable bonds is 7. The highest BCUT2D eigenvalue weighted by Crippen LogP contribution is 2.42. The number of nitrogens with two attached hydrogens (primary N) is 1. The standard InChI is InChI=1S/C14H28N4O2/c1-11(2)10-18(9-8-17(3)4)13(19)14(6-5-7-14)12(15)16-20/h11,20H,5-10H2,1-4H3,(H2,15,16). The molecule has 0 bridgehead atoms. The van der Waals surface area contributed by atoms with Gasteiger partial charge in [-0.25, -0.2) is 0 Å². The minimum Gasteiger partial charge on any atom is -0.409 e. The lowest BCUT2D eigenvalue weighted by Gasteiger charge is -2.43. The molecule has 0 atom stereocenters. The quantitative estimate of drug-likeness (QED) is 0.315. The Morgan fingerprint density at radius 2 is 1.95 bits per heavy atom. The van der Waals surface area contributed by atoms with Crippen LogP contribution in [0.2, 0.25) is 0 Å². The average molecular weight is 284 g/mol. The molecule has 1 rings (SSSR count). The molecule has 0 heterocycles. The van der Waals surface area contributed by atoms with Gasteiger partial charge in [0.05, 0.1) is 0 Å². The Balaban J connectivity index is 2.85. The molecule has 1 saturated carbocycles. The highest BCUT2D eigenvalue weighted by Gasteiger charge is 2.50. The maximum atomic E-state index is 12.8. The van der Waals surface area contributed by atoms with E-state index in [0.717, 1.165) is 13.0 Å². The van der Waals surface area contributed by atoms with E-state index >= 15 is 0 Å². The SMILES string of the molecule is CC(C)CN(CCN(C)C)C(=O)C1(C(N)=NO)CCC1. The molecule has 6 heteroatoms. The fourth-order valence-electron chi connectivity index (χ4n) is 2.55. The van der Waals surface area contributed by atoms with E-state index in [9.17, 15) is 4.79 Å². The van der Waals surface area contributed by atoms with Gasteiger partial charge in [0.25, 0.3) is 0 Å². The number of carbonyl (C=O) groups excluding carboxylic acids is 1. The first-order chi connectivity index (χ1) is 9.33. The van der Waals surface area contributed by atoms with Gasteiger partial charge >= 0.3 is 0 Å². The Morgan fingerprint density at radius 1 is 1.35 bits per heavy atom. The monoisotopic (exact) mass is 284 g/mol. The number of carbonyl (C=O) groups is 1. The molecule has 0 spiro atoms. The summed E-state index contributed by atoms with van der Waals surface area (Å²) in [7, 11) is 3.97. The lowest BCUT2D eigenvalue weighted by molar-refractivity contribution is -0.143. The Hall–Kier alpha value is -1.30. The largest absolute Gasteiger partial charge is 0.409 e. The van der Waals surface area contributed by atoms with Gasteiger partial charge in [-0.1, -0.05) is 25.4 Å². The zero-order chi connectivity index (χ0) is 15.3. The Kier molecular flexibility index (Phi) is 5.80. The fraction of sp³-hybridized carbons (Fsp3) is 0.857. The molecule has 3 N–H and O–H groups in total. The van der Waals surface area contributed by atoms with Crippen molar-refractivity contribution in [3.8, 4) is 0 Å². The number of amidine groups is 1. The molecule has 20 heavy (non-hydrogen) atoms. The van der Waals surface area contributed by atoms with Gasteiger partial charge in [0.1, 0.15) is 5.41 Å². The molecular weight excluding hydrogens is 256 g/mol. The van der Waals surface area contributed by atoms with Gasteiger partial charge in [-0.3, -0.25) is 4.79 Å². The molecule has 1 fully saturated rings. The molecule has 1 amide bonds. The lowest BCUT2D eigenvalue weighted by atomic mass is 9.66. The van der Waals surface area contributed by atoms with E-state index in [1.807, 2.05) is 19.0 Å². The molecule has 0 radical (unpaired) electrons. The summed E-state index contributed by atoms with van der Waals surface area (Å²) < 4.78 is 0. The van der Waals surface area contributed by atoms with Crippen molar-refractivity contribution >= 4 is 11.7 Å². The van der Waals surface area contributed by atoms with Crippen LogP contribution in [0.25, 0.3) is 0 Å². The smallest absolute Gasteiger partial charge is 0.236 e. The van der Waals surface area contributed by atoms with E-state index < -0.39 is 5.41 Å². The molecule has 0 unspecified atom stereocenters. The average Bonchev–Trinajstić information content (AvgIpc) is 2.31. The number of amides is 1. The van der Waals surface area contributed by atoms with Crippen LogP contribution in [0.3, 0.4) is 0 Å². The van der Waals surface area contributed by atoms with Crippen molar-refractivity contribution in [3.05, 3.63) is 0 Å². The molecule has 0 aromatic rings. The maximum absolute atomic E-state index is 12.8. The molecule has 6 nitrogen and oxygen atoms in total. The highest BCUT2D eigenvalue weighted by atomic mass is 16.4. The first-order valence-corrected chi connectivity index (χ1v) is 7.25. The van der Waals surface area contributed by atoms with Gasteiger partial charge in [-0.15, -0.1) is 0 Å². The number of likely N-dealkylation sites (N-methyl/N-ethyl adjacent to an activating group) is 1. The number of hydrogen-bond donors (Lipinski definition) is 2. The van der Waals surface area contributed by atoms with Crippen LogP contribution in [0, 0.1) is 11.3 Å². The summed E-state index contributed by atoms with van der Waals surface area (Å²) in [5.74, 6) is 0.465. The minimum absolute atomic E-state index is 0.00889.